The van der Waals surface area contributed by atoms with Crippen molar-refractivity contribution in [3.63, 3.8) is 0 Å². The number of aryl methyl sites for hydroxylation is 1. The number of benzene rings is 1. The third-order valence-corrected chi connectivity index (χ3v) is 2.48. The molecule has 72 valence electrons. The van der Waals surface area contributed by atoms with Crippen LogP contribution in [0.2, 0.25) is 0 Å². The van der Waals surface area contributed by atoms with E-state index in [4.69, 9.17) is 10.8 Å². The maximum absolute atomic E-state index is 8.72. The summed E-state index contributed by atoms with van der Waals surface area (Å²) in [6.45, 7) is 0.0660. The first kappa shape index (κ1) is 10.7. The molecule has 0 radical (unpaired) electrons. The van der Waals surface area contributed by atoms with Gasteiger partial charge >= 0.3 is 0 Å². The van der Waals surface area contributed by atoms with Crippen molar-refractivity contribution in [1.82, 2.24) is 0 Å². The molecule has 2 nitrogen and oxygen atoms in total. The van der Waals surface area contributed by atoms with Gasteiger partial charge in [0.05, 0.1) is 6.61 Å². The van der Waals surface area contributed by atoms with Crippen molar-refractivity contribution in [3.8, 4) is 0 Å². The van der Waals surface area contributed by atoms with Gasteiger partial charge < -0.3 is 10.8 Å². The summed E-state index contributed by atoms with van der Waals surface area (Å²) in [6, 6.07) is 8.06. The average Bonchev–Trinajstić information content (AvgIpc) is 2.16. The van der Waals surface area contributed by atoms with Crippen molar-refractivity contribution < 1.29 is 5.11 Å². The van der Waals surface area contributed by atoms with E-state index in [0.717, 1.165) is 17.3 Å². The van der Waals surface area contributed by atoms with E-state index in [1.165, 1.54) is 5.56 Å². The Labute approximate surface area is 86.9 Å². The van der Waals surface area contributed by atoms with Crippen molar-refractivity contribution in [2.75, 3.05) is 6.61 Å². The lowest BCUT2D eigenvalue weighted by atomic mass is 10.1. The Morgan fingerprint density at radius 2 is 1.92 bits per heavy atom. The summed E-state index contributed by atoms with van der Waals surface area (Å²) in [6.07, 6.45) is 1.76. The number of hydrogen-bond donors (Lipinski definition) is 2. The molecule has 1 rings (SSSR count). The van der Waals surface area contributed by atoms with Crippen LogP contribution in [0.15, 0.2) is 28.7 Å². The van der Waals surface area contributed by atoms with Gasteiger partial charge in [0.1, 0.15) is 0 Å². The van der Waals surface area contributed by atoms with Gasteiger partial charge in [0.25, 0.3) is 0 Å². The molecule has 1 aromatic carbocycles. The molecule has 0 saturated carbocycles. The van der Waals surface area contributed by atoms with Gasteiger partial charge in [-0.2, -0.15) is 0 Å². The Kier molecular flexibility index (Phi) is 4.42. The second kappa shape index (κ2) is 5.37. The molecule has 0 bridgehead atoms. The highest BCUT2D eigenvalue weighted by molar-refractivity contribution is 9.10. The molecule has 0 aliphatic carbocycles. The van der Waals surface area contributed by atoms with E-state index in [1.807, 2.05) is 12.1 Å². The van der Waals surface area contributed by atoms with E-state index in [-0.39, 0.29) is 12.6 Å². The third-order valence-electron chi connectivity index (χ3n) is 1.95. The van der Waals surface area contributed by atoms with Crippen molar-refractivity contribution in [3.05, 3.63) is 34.3 Å². The number of aliphatic hydroxyl groups excluding tert-OH is 1. The van der Waals surface area contributed by atoms with Crippen LogP contribution in [0.1, 0.15) is 12.0 Å². The SMILES string of the molecule is NC(CO)CCc1ccc(Br)cc1. The molecular formula is C10H14BrNO. The van der Waals surface area contributed by atoms with Crippen LogP contribution in [0.5, 0.6) is 0 Å². The number of hydrogen-bond acceptors (Lipinski definition) is 2. The minimum absolute atomic E-state index is 0.0660. The topological polar surface area (TPSA) is 46.2 Å². The Morgan fingerprint density at radius 3 is 2.46 bits per heavy atom. The fraction of sp³-hybridized carbons (Fsp3) is 0.400. The minimum Gasteiger partial charge on any atom is -0.395 e. The molecule has 0 fully saturated rings. The molecule has 0 amide bonds. The predicted molar refractivity (Wildman–Crippen MR) is 57.5 cm³/mol. The summed E-state index contributed by atoms with van der Waals surface area (Å²) in [5.74, 6) is 0. The summed E-state index contributed by atoms with van der Waals surface area (Å²) >= 11 is 3.37. The number of halogens is 1. The molecule has 0 aliphatic rings. The summed E-state index contributed by atoms with van der Waals surface area (Å²) < 4.78 is 1.09. The van der Waals surface area contributed by atoms with E-state index in [0.29, 0.717) is 0 Å². The van der Waals surface area contributed by atoms with Gasteiger partial charge in [-0.3, -0.25) is 0 Å². The second-order valence-electron chi connectivity index (χ2n) is 3.11. The van der Waals surface area contributed by atoms with Crippen molar-refractivity contribution in [2.45, 2.75) is 18.9 Å². The number of aliphatic hydroxyl groups is 1. The van der Waals surface area contributed by atoms with Crippen molar-refractivity contribution >= 4 is 15.9 Å². The van der Waals surface area contributed by atoms with Gasteiger partial charge in [-0.05, 0) is 30.5 Å². The smallest absolute Gasteiger partial charge is 0.0582 e. The molecule has 0 heterocycles. The van der Waals surface area contributed by atoms with Gasteiger partial charge in [-0.1, -0.05) is 28.1 Å². The maximum Gasteiger partial charge on any atom is 0.0582 e. The Balaban J connectivity index is 2.41. The minimum atomic E-state index is -0.0938. The Morgan fingerprint density at radius 1 is 1.31 bits per heavy atom. The van der Waals surface area contributed by atoms with Crippen LogP contribution in [0.25, 0.3) is 0 Å². The predicted octanol–water partition coefficient (Wildman–Crippen LogP) is 1.70. The van der Waals surface area contributed by atoms with Gasteiger partial charge in [-0.25, -0.2) is 0 Å². The molecule has 1 aromatic rings. The zero-order valence-corrected chi connectivity index (χ0v) is 9.00. The number of nitrogens with two attached hydrogens (primary N) is 1. The molecule has 0 aliphatic heterocycles. The molecular weight excluding hydrogens is 230 g/mol. The highest BCUT2D eigenvalue weighted by atomic mass is 79.9. The standard InChI is InChI=1S/C10H14BrNO/c11-9-4-1-8(2-5-9)3-6-10(12)7-13/h1-2,4-5,10,13H,3,6-7,12H2. The van der Waals surface area contributed by atoms with E-state index in [1.54, 1.807) is 0 Å². The maximum atomic E-state index is 8.72. The zero-order chi connectivity index (χ0) is 9.68. The quantitative estimate of drug-likeness (QED) is 0.846. The van der Waals surface area contributed by atoms with Crippen molar-refractivity contribution in [1.29, 1.82) is 0 Å². The summed E-state index contributed by atoms with van der Waals surface area (Å²) in [4.78, 5) is 0. The first-order valence-electron chi connectivity index (χ1n) is 4.33. The first-order chi connectivity index (χ1) is 6.22. The largest absolute Gasteiger partial charge is 0.395 e. The summed E-state index contributed by atoms with van der Waals surface area (Å²) in [7, 11) is 0. The fourth-order valence-electron chi connectivity index (χ4n) is 1.09. The lowest BCUT2D eigenvalue weighted by Crippen LogP contribution is -2.24. The van der Waals surface area contributed by atoms with E-state index < -0.39 is 0 Å². The van der Waals surface area contributed by atoms with Gasteiger partial charge in [-0.15, -0.1) is 0 Å². The van der Waals surface area contributed by atoms with Crippen LogP contribution in [0.3, 0.4) is 0 Å². The molecule has 1 unspecified atom stereocenters. The van der Waals surface area contributed by atoms with Crippen LogP contribution in [0.4, 0.5) is 0 Å². The Bertz CT molecular complexity index is 248. The number of rotatable bonds is 4. The normalized spacial score (nSPS) is 12.8. The monoisotopic (exact) mass is 243 g/mol. The third kappa shape index (κ3) is 3.89. The van der Waals surface area contributed by atoms with Crippen LogP contribution < -0.4 is 5.73 Å². The van der Waals surface area contributed by atoms with E-state index in [9.17, 15) is 0 Å². The molecule has 13 heavy (non-hydrogen) atoms. The Hall–Kier alpha value is -0.380. The lowest BCUT2D eigenvalue weighted by molar-refractivity contribution is 0.260. The molecule has 3 N–H and O–H groups in total. The van der Waals surface area contributed by atoms with Gasteiger partial charge in [0, 0.05) is 10.5 Å². The van der Waals surface area contributed by atoms with Crippen LogP contribution in [-0.4, -0.2) is 17.8 Å². The van der Waals surface area contributed by atoms with Crippen molar-refractivity contribution in [2.24, 2.45) is 5.73 Å². The highest BCUT2D eigenvalue weighted by Gasteiger charge is 2.00. The lowest BCUT2D eigenvalue weighted by Gasteiger charge is -2.07. The average molecular weight is 244 g/mol. The molecule has 0 saturated heterocycles. The molecule has 1 atom stereocenters. The molecule has 0 spiro atoms. The fourth-order valence-corrected chi connectivity index (χ4v) is 1.36. The summed E-state index contributed by atoms with van der Waals surface area (Å²) in [5, 5.41) is 8.72. The second-order valence-corrected chi connectivity index (χ2v) is 4.02. The van der Waals surface area contributed by atoms with E-state index in [2.05, 4.69) is 28.1 Å². The van der Waals surface area contributed by atoms with Crippen LogP contribution in [0, 0.1) is 0 Å². The van der Waals surface area contributed by atoms with Gasteiger partial charge in [0.15, 0.2) is 0 Å². The van der Waals surface area contributed by atoms with Crippen LogP contribution >= 0.6 is 15.9 Å². The zero-order valence-electron chi connectivity index (χ0n) is 7.41. The highest BCUT2D eigenvalue weighted by Crippen LogP contribution is 2.12. The molecule has 0 aromatic heterocycles. The molecule has 3 heteroatoms. The summed E-state index contributed by atoms with van der Waals surface area (Å²) in [5.41, 5.74) is 6.85. The van der Waals surface area contributed by atoms with Gasteiger partial charge in [0.2, 0.25) is 0 Å². The first-order valence-corrected chi connectivity index (χ1v) is 5.12. The van der Waals surface area contributed by atoms with E-state index >= 15 is 0 Å². The van der Waals surface area contributed by atoms with Crippen LogP contribution in [-0.2, 0) is 6.42 Å².